The van der Waals surface area contributed by atoms with Crippen LogP contribution in [-0.2, 0) is 9.59 Å². The number of carboxylic acid groups (broad SMARTS) is 2. The van der Waals surface area contributed by atoms with E-state index in [1.807, 2.05) is 0 Å². The van der Waals surface area contributed by atoms with Crippen LogP contribution in [0.1, 0.15) is 233 Å². The fourth-order valence-corrected chi connectivity index (χ4v) is 9.63. The summed E-state index contributed by atoms with van der Waals surface area (Å²) in [6.07, 6.45) is 40.2. The molecule has 0 rings (SSSR count). The first kappa shape index (κ1) is 53.4. The minimum Gasteiger partial charge on any atom is 4.00 e. The summed E-state index contributed by atoms with van der Waals surface area (Å²) in [4.78, 5) is 20.2. The van der Waals surface area contributed by atoms with Gasteiger partial charge in [-0.1, -0.05) is 117 Å². The maximum atomic E-state index is 10.1. The van der Waals surface area contributed by atoms with Gasteiger partial charge in [0.25, 0.3) is 0 Å². The molecule has 0 aliphatic heterocycles. The summed E-state index contributed by atoms with van der Waals surface area (Å²) >= 11 is -0.0142. The molecule has 46 heavy (non-hydrogen) atoms. The van der Waals surface area contributed by atoms with Gasteiger partial charge < -0.3 is 19.8 Å². The molecular weight excluding hydrogens is 872 g/mol. The Morgan fingerprint density at radius 1 is 0.348 bits per heavy atom. The Kier molecular flexibility index (Phi) is 60.9. The van der Waals surface area contributed by atoms with Crippen molar-refractivity contribution < 1.29 is 19.8 Å². The third-order valence-corrected chi connectivity index (χ3v) is 13.2. The normalized spacial score (nSPS) is 10.3. The summed E-state index contributed by atoms with van der Waals surface area (Å²) in [5.41, 5.74) is 0. The van der Waals surface area contributed by atoms with Gasteiger partial charge in [0.15, 0.2) is 0 Å². The Bertz CT molecular complexity index is 501. The molecule has 4 nitrogen and oxygen atoms in total. The molecule has 0 N–H and O–H groups in total. The van der Waals surface area contributed by atoms with E-state index >= 15 is 0 Å². The van der Waals surface area contributed by atoms with E-state index in [0.717, 1.165) is 25.7 Å². The van der Waals surface area contributed by atoms with Crippen LogP contribution in [0.3, 0.4) is 0 Å². The smallest absolute Gasteiger partial charge is 4.00 e. The summed E-state index contributed by atoms with van der Waals surface area (Å²) in [6.45, 7) is 9.05. The van der Waals surface area contributed by atoms with E-state index < -0.39 is 11.9 Å². The van der Waals surface area contributed by atoms with Crippen LogP contribution in [0.2, 0.25) is 8.26 Å². The van der Waals surface area contributed by atoms with Crippen molar-refractivity contribution in [2.24, 2.45) is 0 Å². The largest absolute Gasteiger partial charge is 4.00 e. The first-order chi connectivity index (χ1) is 22.0. The Labute approximate surface area is 318 Å². The average molecular weight is 953 g/mol. The van der Waals surface area contributed by atoms with E-state index in [9.17, 15) is 19.8 Å². The van der Waals surface area contributed by atoms with Crippen LogP contribution in [0, 0.1) is 0 Å². The molecule has 0 aromatic rings. The number of aliphatic carboxylic acids is 2. The van der Waals surface area contributed by atoms with Gasteiger partial charge in [0.1, 0.15) is 0 Å². The molecule has 0 bridgehead atoms. The molecule has 0 fully saturated rings. The topological polar surface area (TPSA) is 80.3 Å². The first-order valence-electron chi connectivity index (χ1n) is 20.0. The zero-order chi connectivity index (χ0) is 33.9. The van der Waals surface area contributed by atoms with E-state index in [4.69, 9.17) is 0 Å². The molecule has 0 aliphatic rings. The summed E-state index contributed by atoms with van der Waals surface area (Å²) in [5.74, 6) is -1.82. The van der Waals surface area contributed by atoms with Gasteiger partial charge in [-0.15, -0.1) is 0 Å². The van der Waals surface area contributed by atoms with Gasteiger partial charge >= 0.3 is 146 Å². The second-order valence-electron chi connectivity index (χ2n) is 13.1. The molecule has 270 valence electrons. The fraction of sp³-hybridized carbons (Fsp3) is 0.950. The van der Waals surface area contributed by atoms with Crippen LogP contribution < -0.4 is 10.2 Å². The summed E-state index contributed by atoms with van der Waals surface area (Å²) in [7, 11) is 0. The van der Waals surface area contributed by atoms with Gasteiger partial charge in [0.05, 0.1) is 0 Å². The Morgan fingerprint density at radius 2 is 0.543 bits per heavy atom. The van der Waals surface area contributed by atoms with Crippen molar-refractivity contribution in [3.05, 3.63) is 0 Å². The molecule has 0 aliphatic carbocycles. The molecule has 0 saturated heterocycles. The van der Waals surface area contributed by atoms with Crippen LogP contribution in [-0.4, -0.2) is 59.1 Å². The maximum Gasteiger partial charge on any atom is 4.00 e. The SMILES string of the molecule is CCCCCCCCCCCC(=O)[O-].CCCCCCCCCCCC(=O)[O-].CCCCCCC[CH2][Bi+][CH2]CCCCCCC.[Sn+4]. The van der Waals surface area contributed by atoms with E-state index in [2.05, 4.69) is 27.7 Å². The second-order valence-corrected chi connectivity index (χ2v) is 18.3. The van der Waals surface area contributed by atoms with Crippen molar-refractivity contribution in [1.29, 1.82) is 0 Å². The van der Waals surface area contributed by atoms with Crippen LogP contribution in [0.4, 0.5) is 0 Å². The van der Waals surface area contributed by atoms with Crippen molar-refractivity contribution >= 4 is 59.1 Å². The molecule has 0 unspecified atom stereocenters. The number of hydrogen-bond donors (Lipinski definition) is 0. The second kappa shape index (κ2) is 52.4. The zero-order valence-electron chi connectivity index (χ0n) is 31.6. The predicted octanol–water partition coefficient (Wildman–Crippen LogP) is 11.2. The van der Waals surface area contributed by atoms with Gasteiger partial charge in [0, 0.05) is 11.9 Å². The van der Waals surface area contributed by atoms with Crippen molar-refractivity contribution in [2.45, 2.75) is 241 Å². The molecule has 2 radical (unpaired) electrons. The third-order valence-electron chi connectivity index (χ3n) is 8.31. The molecule has 0 aromatic heterocycles. The predicted molar refractivity (Wildman–Crippen MR) is 202 cm³/mol. The van der Waals surface area contributed by atoms with Crippen LogP contribution in [0.5, 0.6) is 0 Å². The number of carbonyl (C=O) groups excluding carboxylic acids is 2. The fourth-order valence-electron chi connectivity index (χ4n) is 5.28. The van der Waals surface area contributed by atoms with Gasteiger partial charge in [-0.3, -0.25) is 0 Å². The molecule has 0 atom stereocenters. The van der Waals surface area contributed by atoms with Crippen molar-refractivity contribution in [2.75, 3.05) is 0 Å². The monoisotopic (exact) mass is 953 g/mol. The maximum absolute atomic E-state index is 10.1. The molecule has 0 heterocycles. The van der Waals surface area contributed by atoms with E-state index in [0.29, 0.717) is 0 Å². The summed E-state index contributed by atoms with van der Waals surface area (Å²) < 4.78 is 3.34. The molecule has 6 heteroatoms. The molecule has 0 spiro atoms. The Hall–Kier alpha value is 0.622. The van der Waals surface area contributed by atoms with Crippen LogP contribution >= 0.6 is 0 Å². The van der Waals surface area contributed by atoms with Gasteiger partial charge in [0.2, 0.25) is 0 Å². The van der Waals surface area contributed by atoms with Gasteiger partial charge in [-0.25, -0.2) is 0 Å². The third kappa shape index (κ3) is 63.3. The number of hydrogen-bond acceptors (Lipinski definition) is 4. The minimum atomic E-state index is -0.909. The van der Waals surface area contributed by atoms with Crippen LogP contribution in [0.25, 0.3) is 0 Å². The Morgan fingerprint density at radius 3 is 0.761 bits per heavy atom. The average Bonchev–Trinajstić information content (AvgIpc) is 3.02. The van der Waals surface area contributed by atoms with Crippen molar-refractivity contribution in [3.63, 3.8) is 0 Å². The first-order valence-corrected chi connectivity index (χ1v) is 24.9. The van der Waals surface area contributed by atoms with E-state index in [1.165, 1.54) is 154 Å². The zero-order valence-corrected chi connectivity index (χ0v) is 38.0. The quantitative estimate of drug-likeness (QED) is 0.0475. The molecule has 0 aromatic carbocycles. The summed E-state index contributed by atoms with van der Waals surface area (Å²) in [6, 6.07) is 0. The van der Waals surface area contributed by atoms with Crippen molar-refractivity contribution in [3.8, 4) is 0 Å². The van der Waals surface area contributed by atoms with E-state index in [-0.39, 0.29) is 60.0 Å². The minimum absolute atomic E-state index is 0. The standard InChI is InChI=1S/2C12H24O2.2C8H17.Bi.Sn/c2*1-2-3-4-5-6-7-8-9-10-11-12(13)14;2*1-3-5-7-8-6-4-2;;/h2*2-11H2,1H3,(H,13,14);2*1,3-8H2,2H3;;/q;;;;+1;+4/p-2. The number of unbranched alkanes of at least 4 members (excludes halogenated alkanes) is 26. The van der Waals surface area contributed by atoms with Gasteiger partial charge in [-0.05, 0) is 25.7 Å². The van der Waals surface area contributed by atoms with E-state index in [1.54, 1.807) is 21.1 Å². The van der Waals surface area contributed by atoms with Gasteiger partial charge in [-0.2, -0.15) is 0 Å². The summed E-state index contributed by atoms with van der Waals surface area (Å²) in [5, 5.41) is 20.2. The number of rotatable bonds is 34. The number of carboxylic acids is 2. The molecule has 0 saturated carbocycles. The van der Waals surface area contributed by atoms with Crippen LogP contribution in [0.15, 0.2) is 0 Å². The molecule has 0 amide bonds. The van der Waals surface area contributed by atoms with Crippen molar-refractivity contribution in [1.82, 2.24) is 0 Å². The Balaban J connectivity index is -0.000000286. The molecular formula is C40H80BiO4Sn+3. The number of carbonyl (C=O) groups is 2.